The van der Waals surface area contributed by atoms with Crippen molar-refractivity contribution in [1.29, 1.82) is 0 Å². The molecule has 1 unspecified atom stereocenters. The van der Waals surface area contributed by atoms with Crippen LogP contribution in [-0.4, -0.2) is 25.1 Å². The largest absolute Gasteiger partial charge is 0.481 e. The van der Waals surface area contributed by atoms with Crippen LogP contribution >= 0.6 is 0 Å². The summed E-state index contributed by atoms with van der Waals surface area (Å²) in [7, 11) is 0. The van der Waals surface area contributed by atoms with Crippen LogP contribution in [0.2, 0.25) is 0 Å². The first-order valence-corrected chi connectivity index (χ1v) is 5.53. The predicted octanol–water partition coefficient (Wildman–Crippen LogP) is 0.455. The van der Waals surface area contributed by atoms with E-state index in [1.807, 2.05) is 24.3 Å². The van der Waals surface area contributed by atoms with Gasteiger partial charge in [0.25, 0.3) is 5.91 Å². The highest BCUT2D eigenvalue weighted by Crippen LogP contribution is 2.16. The minimum Gasteiger partial charge on any atom is -0.481 e. The summed E-state index contributed by atoms with van der Waals surface area (Å²) in [4.78, 5) is 11.3. The van der Waals surface area contributed by atoms with Gasteiger partial charge in [-0.2, -0.15) is 0 Å². The third-order valence-corrected chi connectivity index (χ3v) is 2.63. The first-order valence-electron chi connectivity index (χ1n) is 5.53. The summed E-state index contributed by atoms with van der Waals surface area (Å²) in [6.45, 7) is 1.35. The van der Waals surface area contributed by atoms with Crippen molar-refractivity contribution in [3.05, 3.63) is 29.8 Å². The quantitative estimate of drug-likeness (QED) is 0.774. The molecular formula is C12H16N2O2. The molecule has 16 heavy (non-hydrogen) atoms. The Bertz CT molecular complexity index is 362. The second-order valence-corrected chi connectivity index (χ2v) is 3.87. The van der Waals surface area contributed by atoms with Crippen LogP contribution in [0, 0.1) is 0 Å². The Morgan fingerprint density at radius 3 is 2.69 bits per heavy atom. The van der Waals surface area contributed by atoms with Crippen molar-refractivity contribution in [3.8, 4) is 5.75 Å². The van der Waals surface area contributed by atoms with Crippen LogP contribution in [0.15, 0.2) is 24.3 Å². The molecule has 1 aromatic carbocycles. The van der Waals surface area contributed by atoms with Gasteiger partial charge in [-0.25, -0.2) is 0 Å². The van der Waals surface area contributed by atoms with E-state index in [4.69, 9.17) is 10.5 Å². The normalized spacial score (nSPS) is 19.6. The highest BCUT2D eigenvalue weighted by Gasteiger charge is 2.25. The maximum absolute atomic E-state index is 11.3. The zero-order valence-corrected chi connectivity index (χ0v) is 9.11. The van der Waals surface area contributed by atoms with Gasteiger partial charge in [-0.05, 0) is 30.7 Å². The molecule has 1 heterocycles. The van der Waals surface area contributed by atoms with Gasteiger partial charge in [-0.3, -0.25) is 4.79 Å². The second kappa shape index (κ2) is 4.99. The molecule has 4 heteroatoms. The minimum absolute atomic E-state index is 0.0222. The summed E-state index contributed by atoms with van der Waals surface area (Å²) in [6, 6.07) is 7.73. The van der Waals surface area contributed by atoms with Gasteiger partial charge < -0.3 is 15.8 Å². The van der Waals surface area contributed by atoms with Gasteiger partial charge in [0, 0.05) is 13.0 Å². The Labute approximate surface area is 94.8 Å². The molecule has 86 valence electrons. The lowest BCUT2D eigenvalue weighted by Gasteiger charge is -2.11. The monoisotopic (exact) mass is 220 g/mol. The number of carbonyl (C=O) groups is 1. The number of nitrogens with two attached hydrogens (primary N) is 1. The molecule has 1 atom stereocenters. The fourth-order valence-electron chi connectivity index (χ4n) is 1.75. The Hall–Kier alpha value is -1.55. The number of carbonyl (C=O) groups excluding carboxylic acids is 1. The van der Waals surface area contributed by atoms with Crippen LogP contribution in [0.25, 0.3) is 0 Å². The maximum Gasteiger partial charge on any atom is 0.261 e. The molecule has 1 fully saturated rings. The van der Waals surface area contributed by atoms with E-state index in [0.29, 0.717) is 13.1 Å². The molecule has 1 aliphatic heterocycles. The molecule has 1 aromatic rings. The molecule has 0 aliphatic carbocycles. The Morgan fingerprint density at radius 1 is 1.38 bits per heavy atom. The molecule has 1 aliphatic rings. The zero-order chi connectivity index (χ0) is 11.4. The van der Waals surface area contributed by atoms with Crippen molar-refractivity contribution in [2.24, 2.45) is 5.73 Å². The number of hydrogen-bond acceptors (Lipinski definition) is 3. The molecule has 0 spiro atoms. The fourth-order valence-corrected chi connectivity index (χ4v) is 1.75. The molecule has 0 aromatic heterocycles. The SMILES string of the molecule is NCCc1ccc(OC2CCNC2=O)cc1. The Morgan fingerprint density at radius 2 is 2.12 bits per heavy atom. The van der Waals surface area contributed by atoms with E-state index in [1.165, 1.54) is 5.56 Å². The van der Waals surface area contributed by atoms with Crippen molar-refractivity contribution in [1.82, 2.24) is 5.32 Å². The van der Waals surface area contributed by atoms with Crippen LogP contribution in [0.4, 0.5) is 0 Å². The van der Waals surface area contributed by atoms with Gasteiger partial charge in [0.1, 0.15) is 5.75 Å². The topological polar surface area (TPSA) is 64.3 Å². The summed E-state index contributed by atoms with van der Waals surface area (Å²) in [6.07, 6.45) is 1.27. The molecule has 0 bridgehead atoms. The van der Waals surface area contributed by atoms with Crippen molar-refractivity contribution < 1.29 is 9.53 Å². The number of amides is 1. The van der Waals surface area contributed by atoms with E-state index in [1.54, 1.807) is 0 Å². The predicted molar refractivity (Wildman–Crippen MR) is 61.2 cm³/mol. The van der Waals surface area contributed by atoms with Gasteiger partial charge in [0.15, 0.2) is 6.10 Å². The van der Waals surface area contributed by atoms with E-state index in [-0.39, 0.29) is 12.0 Å². The Kier molecular flexibility index (Phi) is 3.41. The lowest BCUT2D eigenvalue weighted by atomic mass is 10.1. The standard InChI is InChI=1S/C12H16N2O2/c13-7-5-9-1-3-10(4-2-9)16-11-6-8-14-12(11)15/h1-4,11H,5-8,13H2,(H,14,15). The third kappa shape index (κ3) is 2.52. The van der Waals surface area contributed by atoms with Gasteiger partial charge in [0.05, 0.1) is 0 Å². The van der Waals surface area contributed by atoms with E-state index < -0.39 is 0 Å². The zero-order valence-electron chi connectivity index (χ0n) is 9.11. The van der Waals surface area contributed by atoms with Crippen LogP contribution in [0.1, 0.15) is 12.0 Å². The molecule has 0 saturated carbocycles. The van der Waals surface area contributed by atoms with Crippen LogP contribution in [0.3, 0.4) is 0 Å². The Balaban J connectivity index is 1.96. The number of hydrogen-bond donors (Lipinski definition) is 2. The van der Waals surface area contributed by atoms with Crippen LogP contribution < -0.4 is 15.8 Å². The third-order valence-electron chi connectivity index (χ3n) is 2.63. The van der Waals surface area contributed by atoms with Crippen LogP contribution in [-0.2, 0) is 11.2 Å². The van der Waals surface area contributed by atoms with E-state index in [0.717, 1.165) is 18.6 Å². The van der Waals surface area contributed by atoms with E-state index >= 15 is 0 Å². The van der Waals surface area contributed by atoms with Crippen LogP contribution in [0.5, 0.6) is 5.75 Å². The van der Waals surface area contributed by atoms with E-state index in [9.17, 15) is 4.79 Å². The van der Waals surface area contributed by atoms with Gasteiger partial charge >= 0.3 is 0 Å². The number of benzene rings is 1. The average Bonchev–Trinajstić information content (AvgIpc) is 2.68. The van der Waals surface area contributed by atoms with Gasteiger partial charge in [0.2, 0.25) is 0 Å². The molecule has 1 amide bonds. The van der Waals surface area contributed by atoms with Gasteiger partial charge in [-0.1, -0.05) is 12.1 Å². The highest BCUT2D eigenvalue weighted by atomic mass is 16.5. The number of nitrogens with one attached hydrogen (secondary N) is 1. The minimum atomic E-state index is -0.333. The first kappa shape index (κ1) is 11.0. The van der Waals surface area contributed by atoms with Gasteiger partial charge in [-0.15, -0.1) is 0 Å². The molecular weight excluding hydrogens is 204 g/mol. The number of ether oxygens (including phenoxy) is 1. The lowest BCUT2D eigenvalue weighted by Crippen LogP contribution is -2.27. The van der Waals surface area contributed by atoms with Crippen molar-refractivity contribution in [2.45, 2.75) is 18.9 Å². The molecule has 2 rings (SSSR count). The smallest absolute Gasteiger partial charge is 0.261 e. The van der Waals surface area contributed by atoms with Crippen molar-refractivity contribution in [3.63, 3.8) is 0 Å². The highest BCUT2D eigenvalue weighted by molar-refractivity contribution is 5.83. The average molecular weight is 220 g/mol. The van der Waals surface area contributed by atoms with E-state index in [2.05, 4.69) is 5.32 Å². The molecule has 3 N–H and O–H groups in total. The number of rotatable bonds is 4. The van der Waals surface area contributed by atoms with Crippen molar-refractivity contribution in [2.75, 3.05) is 13.1 Å². The summed E-state index contributed by atoms with van der Waals surface area (Å²) in [5.41, 5.74) is 6.65. The summed E-state index contributed by atoms with van der Waals surface area (Å²) < 4.78 is 5.58. The lowest BCUT2D eigenvalue weighted by molar-refractivity contribution is -0.124. The fraction of sp³-hybridized carbons (Fsp3) is 0.417. The first-order chi connectivity index (χ1) is 7.79. The van der Waals surface area contributed by atoms with Crippen molar-refractivity contribution >= 4 is 5.91 Å². The summed E-state index contributed by atoms with van der Waals surface area (Å²) in [5.74, 6) is 0.717. The molecule has 0 radical (unpaired) electrons. The molecule has 1 saturated heterocycles. The second-order valence-electron chi connectivity index (χ2n) is 3.87. The summed E-state index contributed by atoms with van der Waals surface area (Å²) >= 11 is 0. The summed E-state index contributed by atoms with van der Waals surface area (Å²) in [5, 5.41) is 2.74. The maximum atomic E-state index is 11.3. The molecule has 4 nitrogen and oxygen atoms in total.